The molecular weight excluding hydrogens is 242 g/mol. The summed E-state index contributed by atoms with van der Waals surface area (Å²) >= 11 is 0. The molecule has 1 saturated carbocycles. The van der Waals surface area contributed by atoms with Crippen molar-refractivity contribution in [3.05, 3.63) is 35.4 Å². The Hall–Kier alpha value is -1.88. The summed E-state index contributed by atoms with van der Waals surface area (Å²) in [6.07, 6.45) is 2.19. The van der Waals surface area contributed by atoms with Crippen LogP contribution < -0.4 is 5.73 Å². The predicted octanol–water partition coefficient (Wildman–Crippen LogP) is 0.680. The fourth-order valence-electron chi connectivity index (χ4n) is 3.12. The zero-order valence-corrected chi connectivity index (χ0v) is 10.5. The van der Waals surface area contributed by atoms with Gasteiger partial charge in [0.15, 0.2) is 0 Å². The first-order valence-corrected chi connectivity index (χ1v) is 6.59. The summed E-state index contributed by atoms with van der Waals surface area (Å²) in [5.74, 6) is -0.261. The molecule has 1 atom stereocenters. The highest BCUT2D eigenvalue weighted by molar-refractivity contribution is 6.01. The van der Waals surface area contributed by atoms with Crippen LogP contribution in [-0.2, 0) is 4.79 Å². The van der Waals surface area contributed by atoms with Crippen LogP contribution in [-0.4, -0.2) is 34.9 Å². The minimum absolute atomic E-state index is 0.0966. The second-order valence-corrected chi connectivity index (χ2v) is 5.82. The van der Waals surface area contributed by atoms with E-state index in [0.717, 1.165) is 12.8 Å². The Morgan fingerprint density at radius 1 is 1.11 bits per heavy atom. The number of hydrogen-bond acceptors (Lipinski definition) is 3. The smallest absolute Gasteiger partial charge is 0.272 e. The summed E-state index contributed by atoms with van der Waals surface area (Å²) in [4.78, 5) is 25.1. The molecule has 2 heterocycles. The molecule has 2 N–H and O–H groups in total. The molecule has 4 rings (SSSR count). The number of amides is 2. The Labute approximate surface area is 110 Å². The van der Waals surface area contributed by atoms with Gasteiger partial charge >= 0.3 is 0 Å². The van der Waals surface area contributed by atoms with E-state index in [2.05, 4.69) is 0 Å². The summed E-state index contributed by atoms with van der Waals surface area (Å²) < 4.78 is 0. The maximum absolute atomic E-state index is 12.6. The van der Waals surface area contributed by atoms with Crippen LogP contribution in [0.15, 0.2) is 24.3 Å². The first kappa shape index (κ1) is 11.0. The van der Waals surface area contributed by atoms with Gasteiger partial charge in [0.1, 0.15) is 6.04 Å². The third-order valence-electron chi connectivity index (χ3n) is 4.50. The molecule has 1 spiro atoms. The van der Waals surface area contributed by atoms with Crippen LogP contribution in [0.25, 0.3) is 0 Å². The molecule has 1 aromatic carbocycles. The summed E-state index contributed by atoms with van der Waals surface area (Å²) in [7, 11) is 0. The predicted molar refractivity (Wildman–Crippen MR) is 67.8 cm³/mol. The van der Waals surface area contributed by atoms with E-state index in [0.29, 0.717) is 24.2 Å². The third-order valence-corrected chi connectivity index (χ3v) is 4.50. The highest BCUT2D eigenvalue weighted by Gasteiger charge is 2.56. The van der Waals surface area contributed by atoms with Crippen LogP contribution in [0.5, 0.6) is 0 Å². The quantitative estimate of drug-likeness (QED) is 0.743. The van der Waals surface area contributed by atoms with Gasteiger partial charge in [0.25, 0.3) is 11.8 Å². The zero-order chi connectivity index (χ0) is 13.2. The van der Waals surface area contributed by atoms with Gasteiger partial charge in [0.2, 0.25) is 0 Å². The molecule has 0 unspecified atom stereocenters. The molecule has 5 heteroatoms. The van der Waals surface area contributed by atoms with Crippen LogP contribution in [0, 0.1) is 5.41 Å². The Balaban J connectivity index is 1.85. The fourth-order valence-corrected chi connectivity index (χ4v) is 3.12. The normalized spacial score (nSPS) is 27.3. The highest BCUT2D eigenvalue weighted by atomic mass is 16.2. The van der Waals surface area contributed by atoms with Crippen LogP contribution in [0.4, 0.5) is 0 Å². The van der Waals surface area contributed by atoms with Crippen LogP contribution in [0.3, 0.4) is 0 Å². The van der Waals surface area contributed by atoms with E-state index in [1.54, 1.807) is 22.2 Å². The largest absolute Gasteiger partial charge is 0.316 e. The molecule has 2 fully saturated rings. The molecule has 3 aliphatic rings. The van der Waals surface area contributed by atoms with Crippen molar-refractivity contribution in [2.45, 2.75) is 18.9 Å². The van der Waals surface area contributed by atoms with Crippen molar-refractivity contribution in [2.75, 3.05) is 13.1 Å². The number of nitrogens with two attached hydrogens (primary N) is 1. The van der Waals surface area contributed by atoms with Crippen molar-refractivity contribution in [3.63, 3.8) is 0 Å². The second-order valence-electron chi connectivity index (χ2n) is 5.82. The lowest BCUT2D eigenvalue weighted by Crippen LogP contribution is -2.45. The van der Waals surface area contributed by atoms with Gasteiger partial charge in [-0.2, -0.15) is 0 Å². The Morgan fingerprint density at radius 2 is 1.79 bits per heavy atom. The fraction of sp³-hybridized carbons (Fsp3) is 0.429. The molecule has 1 saturated heterocycles. The van der Waals surface area contributed by atoms with E-state index in [4.69, 9.17) is 5.73 Å². The maximum Gasteiger partial charge on any atom is 0.272 e. The molecule has 2 aliphatic heterocycles. The van der Waals surface area contributed by atoms with Crippen LogP contribution in [0.1, 0.15) is 34.8 Å². The number of nitrogens with zero attached hydrogens (tertiary/aromatic N) is 2. The molecular formula is C14H15N3O2. The van der Waals surface area contributed by atoms with Gasteiger partial charge in [0.05, 0.1) is 13.1 Å². The van der Waals surface area contributed by atoms with Crippen molar-refractivity contribution in [1.29, 1.82) is 0 Å². The molecule has 1 aromatic rings. The van der Waals surface area contributed by atoms with Gasteiger partial charge in [-0.3, -0.25) is 9.59 Å². The number of carbonyl (C=O) groups is 2. The number of fused-ring (bicyclic) bond motifs is 2. The summed E-state index contributed by atoms with van der Waals surface area (Å²) in [5, 5.41) is 3.17. The molecule has 1 aliphatic carbocycles. The SMILES string of the molecule is N[C@H]1C(=O)N2CC3(CC3)CN2C(=O)c2ccccc21. The van der Waals surface area contributed by atoms with Gasteiger partial charge in [0, 0.05) is 11.0 Å². The lowest BCUT2D eigenvalue weighted by molar-refractivity contribution is -0.141. The van der Waals surface area contributed by atoms with Crippen molar-refractivity contribution in [1.82, 2.24) is 10.0 Å². The van der Waals surface area contributed by atoms with E-state index in [9.17, 15) is 9.59 Å². The number of hydrogen-bond donors (Lipinski definition) is 1. The topological polar surface area (TPSA) is 66.6 Å². The molecule has 19 heavy (non-hydrogen) atoms. The average molecular weight is 257 g/mol. The minimum atomic E-state index is -0.737. The minimum Gasteiger partial charge on any atom is -0.316 e. The number of benzene rings is 1. The Morgan fingerprint density at radius 3 is 2.53 bits per heavy atom. The molecule has 2 amide bonds. The second kappa shape index (κ2) is 3.36. The van der Waals surface area contributed by atoms with E-state index in [-0.39, 0.29) is 17.2 Å². The zero-order valence-electron chi connectivity index (χ0n) is 10.5. The van der Waals surface area contributed by atoms with Crippen molar-refractivity contribution in [2.24, 2.45) is 11.1 Å². The standard InChI is InChI=1S/C14H15N3O2/c15-11-9-3-1-2-4-10(9)12(18)16-7-14(5-6-14)8-17(16)13(11)19/h1-4,11H,5-8,15H2/t11-/m1/s1. The monoisotopic (exact) mass is 257 g/mol. The first-order chi connectivity index (χ1) is 9.11. The van der Waals surface area contributed by atoms with E-state index in [1.165, 1.54) is 0 Å². The Bertz CT molecular complexity index is 594. The van der Waals surface area contributed by atoms with E-state index in [1.807, 2.05) is 12.1 Å². The summed E-state index contributed by atoms with van der Waals surface area (Å²) in [6, 6.07) is 6.41. The van der Waals surface area contributed by atoms with E-state index < -0.39 is 6.04 Å². The number of hydrazine groups is 1. The van der Waals surface area contributed by atoms with E-state index >= 15 is 0 Å². The Kier molecular flexibility index (Phi) is 1.94. The highest BCUT2D eigenvalue weighted by Crippen LogP contribution is 2.51. The van der Waals surface area contributed by atoms with Crippen molar-refractivity contribution in [3.8, 4) is 0 Å². The van der Waals surface area contributed by atoms with Gasteiger partial charge in [-0.1, -0.05) is 18.2 Å². The van der Waals surface area contributed by atoms with Gasteiger partial charge in [-0.25, -0.2) is 10.0 Å². The molecule has 98 valence electrons. The maximum atomic E-state index is 12.6. The van der Waals surface area contributed by atoms with Crippen LogP contribution >= 0.6 is 0 Å². The lowest BCUT2D eigenvalue weighted by Gasteiger charge is -2.26. The lowest BCUT2D eigenvalue weighted by atomic mass is 9.99. The summed E-state index contributed by atoms with van der Waals surface area (Å²) in [6.45, 7) is 1.29. The first-order valence-electron chi connectivity index (χ1n) is 6.59. The van der Waals surface area contributed by atoms with Gasteiger partial charge < -0.3 is 5.73 Å². The van der Waals surface area contributed by atoms with Gasteiger partial charge in [-0.05, 0) is 24.5 Å². The van der Waals surface area contributed by atoms with Crippen molar-refractivity contribution >= 4 is 11.8 Å². The number of carbonyl (C=O) groups excluding carboxylic acids is 2. The van der Waals surface area contributed by atoms with Crippen LogP contribution in [0.2, 0.25) is 0 Å². The average Bonchev–Trinajstić information content (AvgIpc) is 3.08. The van der Waals surface area contributed by atoms with Gasteiger partial charge in [-0.15, -0.1) is 0 Å². The molecule has 0 radical (unpaired) electrons. The van der Waals surface area contributed by atoms with Crippen molar-refractivity contribution < 1.29 is 9.59 Å². The summed E-state index contributed by atoms with van der Waals surface area (Å²) in [5.41, 5.74) is 7.39. The molecule has 0 bridgehead atoms. The third kappa shape index (κ3) is 1.39. The molecule has 0 aromatic heterocycles. The number of rotatable bonds is 0. The molecule has 5 nitrogen and oxygen atoms in total.